The van der Waals surface area contributed by atoms with Crippen molar-refractivity contribution >= 4 is 50.9 Å². The van der Waals surface area contributed by atoms with Crippen LogP contribution in [0.5, 0.6) is 0 Å². The molecule has 1 saturated heterocycles. The second-order valence-electron chi connectivity index (χ2n) is 6.92. The number of carbonyl (C=O) groups excluding carboxylic acids is 5. The minimum absolute atomic E-state index is 0.178. The van der Waals surface area contributed by atoms with Gasteiger partial charge in [-0.2, -0.15) is 13.2 Å². The smallest absolute Gasteiger partial charge is 0.288 e. The maximum atomic E-state index is 13.1. The van der Waals surface area contributed by atoms with Crippen LogP contribution >= 0.6 is 0 Å². The van der Waals surface area contributed by atoms with Gasteiger partial charge >= 0.3 is 12.2 Å². The number of nitrogens with one attached hydrogen (secondary N) is 1. The maximum Gasteiger partial charge on any atom is 0.451 e. The monoisotopic (exact) mass is 497 g/mol. The number of hydrogen-bond acceptors (Lipinski definition) is 7. The van der Waals surface area contributed by atoms with E-state index in [-0.39, 0.29) is 15.5 Å². The molecule has 1 aliphatic rings. The van der Waals surface area contributed by atoms with Gasteiger partial charge in [-0.3, -0.25) is 19.2 Å². The van der Waals surface area contributed by atoms with Crippen molar-refractivity contribution in [2.24, 2.45) is 5.92 Å². The number of rotatable bonds is 5. The molecule has 0 bridgehead atoms. The summed E-state index contributed by atoms with van der Waals surface area (Å²) < 4.78 is 65.3. The lowest BCUT2D eigenvalue weighted by atomic mass is 9.96. The zero-order chi connectivity index (χ0) is 25.4. The van der Waals surface area contributed by atoms with Gasteiger partial charge in [-0.25, -0.2) is 27.7 Å². The molecular formula is C20H14F3N3O7S. The molecule has 10 nitrogen and oxygen atoms in total. The molecule has 0 radical (unpaired) electrons. The number of anilines is 2. The molecule has 1 fully saturated rings. The van der Waals surface area contributed by atoms with Crippen LogP contribution in [0.4, 0.5) is 29.3 Å². The predicted octanol–water partition coefficient (Wildman–Crippen LogP) is 1.76. The second-order valence-corrected chi connectivity index (χ2v) is 8.60. The highest BCUT2D eigenvalue weighted by atomic mass is 32.2. The molecule has 1 N–H and O–H groups in total. The molecule has 14 heteroatoms. The number of benzene rings is 2. The maximum absolute atomic E-state index is 13.1. The minimum atomic E-state index is -5.55. The van der Waals surface area contributed by atoms with Crippen LogP contribution in [0, 0.1) is 5.92 Å². The number of carbonyl (C=O) groups is 5. The third-order valence-corrected chi connectivity index (χ3v) is 6.01. The van der Waals surface area contributed by atoms with Crippen LogP contribution < -0.4 is 14.5 Å². The number of Topliss-reactive ketones (excluding diaryl/α,β-unsaturated/α-hetero) is 1. The molecule has 2 aromatic carbocycles. The standard InChI is InChI=1S/C20H14F3N3O7S/c1-11(27)24-34(32,33)14-9-7-13(8-10-14)26-18(30)15(16(28)20(21,22)23)17(29)25(19(26)31)12-5-3-2-4-6-12/h2-10,15H,1H3,(H,24,27). The summed E-state index contributed by atoms with van der Waals surface area (Å²) in [5.74, 6) is -9.87. The first-order valence-electron chi connectivity index (χ1n) is 9.27. The fourth-order valence-corrected chi connectivity index (χ4v) is 4.11. The first kappa shape index (κ1) is 24.6. The van der Waals surface area contributed by atoms with E-state index in [9.17, 15) is 45.6 Å². The summed E-state index contributed by atoms with van der Waals surface area (Å²) in [4.78, 5) is 61.5. The van der Waals surface area contributed by atoms with Crippen LogP contribution in [0.3, 0.4) is 0 Å². The van der Waals surface area contributed by atoms with Crippen molar-refractivity contribution < 1.29 is 45.6 Å². The van der Waals surface area contributed by atoms with Gasteiger partial charge in [-0.15, -0.1) is 0 Å². The van der Waals surface area contributed by atoms with E-state index in [0.29, 0.717) is 0 Å². The van der Waals surface area contributed by atoms with Gasteiger partial charge < -0.3 is 0 Å². The number of para-hydroxylation sites is 1. The third kappa shape index (κ3) is 4.52. The third-order valence-electron chi connectivity index (χ3n) is 4.56. The Kier molecular flexibility index (Phi) is 6.29. The summed E-state index contributed by atoms with van der Waals surface area (Å²) in [7, 11) is -4.30. The van der Waals surface area contributed by atoms with Gasteiger partial charge in [0.15, 0.2) is 5.92 Å². The zero-order valence-electron chi connectivity index (χ0n) is 17.1. The van der Waals surface area contributed by atoms with Crippen molar-refractivity contribution in [3.8, 4) is 0 Å². The number of urea groups is 1. The summed E-state index contributed by atoms with van der Waals surface area (Å²) in [5, 5.41) is 0. The largest absolute Gasteiger partial charge is 0.451 e. The van der Waals surface area contributed by atoms with Gasteiger partial charge in [-0.05, 0) is 36.4 Å². The van der Waals surface area contributed by atoms with Gasteiger partial charge in [0, 0.05) is 6.92 Å². The number of alkyl halides is 3. The molecule has 1 unspecified atom stereocenters. The molecule has 1 aliphatic heterocycles. The fourth-order valence-electron chi connectivity index (χ4n) is 3.12. The molecule has 0 saturated carbocycles. The van der Waals surface area contributed by atoms with E-state index in [0.717, 1.165) is 31.2 Å². The Morgan fingerprint density at radius 2 is 1.32 bits per heavy atom. The van der Waals surface area contributed by atoms with E-state index < -0.39 is 62.2 Å². The molecule has 1 heterocycles. The lowest BCUT2D eigenvalue weighted by Crippen LogP contribution is -2.63. The molecule has 0 aromatic heterocycles. The predicted molar refractivity (Wildman–Crippen MR) is 109 cm³/mol. The van der Waals surface area contributed by atoms with E-state index in [1.54, 1.807) is 4.72 Å². The van der Waals surface area contributed by atoms with Crippen LogP contribution in [0.1, 0.15) is 6.92 Å². The van der Waals surface area contributed by atoms with Crippen molar-refractivity contribution in [2.45, 2.75) is 18.0 Å². The summed E-state index contributed by atoms with van der Waals surface area (Å²) in [6, 6.07) is 8.86. The summed E-state index contributed by atoms with van der Waals surface area (Å²) in [6.07, 6.45) is -5.55. The molecule has 178 valence electrons. The van der Waals surface area contributed by atoms with Gasteiger partial charge in [0.25, 0.3) is 27.6 Å². The highest BCUT2D eigenvalue weighted by molar-refractivity contribution is 7.90. The number of nitrogens with zero attached hydrogens (tertiary/aromatic N) is 2. The molecule has 2 aromatic rings. The summed E-state index contributed by atoms with van der Waals surface area (Å²) in [6.45, 7) is 0.948. The normalized spacial score (nSPS) is 17.1. The molecule has 0 spiro atoms. The molecule has 1 atom stereocenters. The SMILES string of the molecule is CC(=O)NS(=O)(=O)c1ccc(N2C(=O)C(C(=O)C(F)(F)F)C(=O)N(c3ccccc3)C2=O)cc1. The quantitative estimate of drug-likeness (QED) is 0.622. The number of ketones is 1. The lowest BCUT2D eigenvalue weighted by Gasteiger charge is -2.36. The Labute approximate surface area is 190 Å². The number of hydrogen-bond donors (Lipinski definition) is 1. The summed E-state index contributed by atoms with van der Waals surface area (Å²) in [5.41, 5.74) is -0.606. The fraction of sp³-hybridized carbons (Fsp3) is 0.150. The van der Waals surface area contributed by atoms with Crippen molar-refractivity contribution in [2.75, 3.05) is 9.80 Å². The van der Waals surface area contributed by atoms with Crippen LogP contribution in [-0.2, 0) is 29.2 Å². The Morgan fingerprint density at radius 1 is 0.853 bits per heavy atom. The van der Waals surface area contributed by atoms with E-state index >= 15 is 0 Å². The molecule has 3 rings (SSSR count). The lowest BCUT2D eigenvalue weighted by molar-refractivity contribution is -0.177. The van der Waals surface area contributed by atoms with E-state index in [1.165, 1.54) is 30.3 Å². The van der Waals surface area contributed by atoms with Crippen LogP contribution in [0.25, 0.3) is 0 Å². The first-order chi connectivity index (χ1) is 15.8. The van der Waals surface area contributed by atoms with E-state index in [2.05, 4.69) is 0 Å². The average Bonchev–Trinajstić information content (AvgIpc) is 2.73. The van der Waals surface area contributed by atoms with Gasteiger partial charge in [0.2, 0.25) is 5.91 Å². The number of barbiturate groups is 1. The number of amides is 5. The second kappa shape index (κ2) is 8.70. The molecule has 5 amide bonds. The molecule has 0 aliphatic carbocycles. The van der Waals surface area contributed by atoms with Gasteiger partial charge in [-0.1, -0.05) is 18.2 Å². The van der Waals surface area contributed by atoms with Crippen molar-refractivity contribution in [1.29, 1.82) is 0 Å². The topological polar surface area (TPSA) is 138 Å². The van der Waals surface area contributed by atoms with E-state index in [4.69, 9.17) is 0 Å². The van der Waals surface area contributed by atoms with Gasteiger partial charge in [0.1, 0.15) is 0 Å². The Morgan fingerprint density at radius 3 is 1.76 bits per heavy atom. The Bertz CT molecular complexity index is 1290. The van der Waals surface area contributed by atoms with E-state index in [1.807, 2.05) is 0 Å². The van der Waals surface area contributed by atoms with Crippen molar-refractivity contribution in [1.82, 2.24) is 4.72 Å². The zero-order valence-corrected chi connectivity index (χ0v) is 17.9. The number of sulfonamides is 1. The highest BCUT2D eigenvalue weighted by Crippen LogP contribution is 2.33. The highest BCUT2D eigenvalue weighted by Gasteiger charge is 2.57. The number of imide groups is 2. The molecular weight excluding hydrogens is 483 g/mol. The van der Waals surface area contributed by atoms with Crippen LogP contribution in [0.15, 0.2) is 59.5 Å². The van der Waals surface area contributed by atoms with Crippen molar-refractivity contribution in [3.63, 3.8) is 0 Å². The Hall–Kier alpha value is -4.07. The van der Waals surface area contributed by atoms with Crippen LogP contribution in [-0.4, -0.2) is 44.1 Å². The number of halogens is 3. The van der Waals surface area contributed by atoms with Crippen LogP contribution in [0.2, 0.25) is 0 Å². The Balaban J connectivity index is 2.11. The first-order valence-corrected chi connectivity index (χ1v) is 10.8. The molecule has 34 heavy (non-hydrogen) atoms. The average molecular weight is 497 g/mol. The minimum Gasteiger partial charge on any atom is -0.288 e. The van der Waals surface area contributed by atoms with Crippen molar-refractivity contribution in [3.05, 3.63) is 54.6 Å². The summed E-state index contributed by atoms with van der Waals surface area (Å²) >= 11 is 0. The van der Waals surface area contributed by atoms with Gasteiger partial charge in [0.05, 0.1) is 16.3 Å².